The summed E-state index contributed by atoms with van der Waals surface area (Å²) < 4.78 is 0. The molecule has 20 heavy (non-hydrogen) atoms. The maximum absolute atomic E-state index is 11.7. The second-order valence-corrected chi connectivity index (χ2v) is 6.21. The van der Waals surface area contributed by atoms with E-state index in [4.69, 9.17) is 0 Å². The van der Waals surface area contributed by atoms with E-state index in [9.17, 15) is 9.90 Å². The maximum atomic E-state index is 11.7. The van der Waals surface area contributed by atoms with Crippen LogP contribution in [0, 0.1) is 5.92 Å². The molecule has 1 N–H and O–H groups in total. The number of amides is 1. The van der Waals surface area contributed by atoms with Gasteiger partial charge in [0.1, 0.15) is 0 Å². The first kappa shape index (κ1) is 13.6. The molecule has 1 atom stereocenters. The van der Waals surface area contributed by atoms with Gasteiger partial charge in [-0.1, -0.05) is 37.8 Å². The Bertz CT molecular complexity index is 504. The number of anilines is 1. The van der Waals surface area contributed by atoms with Gasteiger partial charge in [0.15, 0.2) is 0 Å². The van der Waals surface area contributed by atoms with Crippen LogP contribution in [-0.2, 0) is 11.2 Å². The summed E-state index contributed by atoms with van der Waals surface area (Å²) >= 11 is 0. The first-order valence-electron chi connectivity index (χ1n) is 7.74. The second-order valence-electron chi connectivity index (χ2n) is 6.21. The van der Waals surface area contributed by atoms with E-state index in [-0.39, 0.29) is 12.0 Å². The van der Waals surface area contributed by atoms with Gasteiger partial charge in [0.05, 0.1) is 12.5 Å². The number of aliphatic hydroxyl groups excluding tert-OH is 1. The average Bonchev–Trinajstić information content (AvgIpc) is 2.65. The third-order valence-electron chi connectivity index (χ3n) is 4.87. The van der Waals surface area contributed by atoms with Gasteiger partial charge in [-0.2, -0.15) is 0 Å². The Balaban J connectivity index is 1.80. The van der Waals surface area contributed by atoms with Crippen LogP contribution in [0.1, 0.15) is 55.8 Å². The van der Waals surface area contributed by atoms with E-state index in [1.54, 1.807) is 4.90 Å². The number of likely N-dealkylation sites (N-methyl/N-ethyl adjacent to an activating group) is 1. The van der Waals surface area contributed by atoms with Crippen LogP contribution in [0.25, 0.3) is 0 Å². The normalized spacial score (nSPS) is 21.7. The molecule has 2 aliphatic rings. The van der Waals surface area contributed by atoms with Gasteiger partial charge in [-0.3, -0.25) is 4.79 Å². The van der Waals surface area contributed by atoms with E-state index in [0.717, 1.165) is 29.7 Å². The van der Waals surface area contributed by atoms with Crippen molar-refractivity contribution in [3.8, 4) is 0 Å². The first-order valence-corrected chi connectivity index (χ1v) is 7.74. The first-order chi connectivity index (χ1) is 9.66. The summed E-state index contributed by atoms with van der Waals surface area (Å²) in [6, 6.07) is 6.01. The van der Waals surface area contributed by atoms with Crippen LogP contribution in [0.4, 0.5) is 5.69 Å². The van der Waals surface area contributed by atoms with Gasteiger partial charge in [0.25, 0.3) is 0 Å². The number of benzene rings is 1. The van der Waals surface area contributed by atoms with E-state index < -0.39 is 0 Å². The Labute approximate surface area is 120 Å². The number of hydrogen-bond acceptors (Lipinski definition) is 2. The molecular formula is C17H23NO2. The molecule has 3 nitrogen and oxygen atoms in total. The van der Waals surface area contributed by atoms with Gasteiger partial charge in [0.2, 0.25) is 5.91 Å². The van der Waals surface area contributed by atoms with Crippen molar-refractivity contribution in [1.29, 1.82) is 0 Å². The highest BCUT2D eigenvalue weighted by Crippen LogP contribution is 2.36. The predicted molar refractivity (Wildman–Crippen MR) is 79.7 cm³/mol. The number of hydrogen-bond donors (Lipinski definition) is 1. The van der Waals surface area contributed by atoms with Gasteiger partial charge >= 0.3 is 0 Å². The smallest absolute Gasteiger partial charge is 0.231 e. The maximum Gasteiger partial charge on any atom is 0.231 e. The number of carbonyl (C=O) groups excluding carboxylic acids is 1. The zero-order valence-electron chi connectivity index (χ0n) is 12.1. The van der Waals surface area contributed by atoms with Gasteiger partial charge in [-0.05, 0) is 36.0 Å². The molecule has 1 aliphatic heterocycles. The highest BCUT2D eigenvalue weighted by molar-refractivity contribution is 6.00. The summed E-state index contributed by atoms with van der Waals surface area (Å²) in [6.07, 6.45) is 7.39. The van der Waals surface area contributed by atoms with Crippen molar-refractivity contribution in [3.05, 3.63) is 29.3 Å². The molecule has 0 aromatic heterocycles. The highest BCUT2D eigenvalue weighted by Gasteiger charge is 2.27. The van der Waals surface area contributed by atoms with Crippen LogP contribution in [0.3, 0.4) is 0 Å². The lowest BCUT2D eigenvalue weighted by Gasteiger charge is -2.22. The van der Waals surface area contributed by atoms with Crippen molar-refractivity contribution in [3.63, 3.8) is 0 Å². The van der Waals surface area contributed by atoms with Crippen molar-refractivity contribution >= 4 is 11.6 Å². The lowest BCUT2D eigenvalue weighted by Crippen LogP contribution is -2.20. The third kappa shape index (κ3) is 2.47. The average molecular weight is 273 g/mol. The molecule has 1 amide bonds. The van der Waals surface area contributed by atoms with Crippen LogP contribution >= 0.6 is 0 Å². The number of aliphatic hydroxyl groups is 1. The Kier molecular flexibility index (Phi) is 3.79. The van der Waals surface area contributed by atoms with E-state index >= 15 is 0 Å². The van der Waals surface area contributed by atoms with Crippen molar-refractivity contribution in [2.75, 3.05) is 11.9 Å². The van der Waals surface area contributed by atoms with Gasteiger partial charge in [-0.25, -0.2) is 0 Å². The fraction of sp³-hybridized carbons (Fsp3) is 0.588. The summed E-state index contributed by atoms with van der Waals surface area (Å²) in [5, 5.41) is 10.6. The lowest BCUT2D eigenvalue weighted by molar-refractivity contribution is -0.117. The Hall–Kier alpha value is -1.35. The quantitative estimate of drug-likeness (QED) is 0.841. The Morgan fingerprint density at radius 3 is 2.60 bits per heavy atom. The topological polar surface area (TPSA) is 40.5 Å². The van der Waals surface area contributed by atoms with Crippen LogP contribution in [0.15, 0.2) is 18.2 Å². The van der Waals surface area contributed by atoms with Crippen molar-refractivity contribution in [1.82, 2.24) is 0 Å². The largest absolute Gasteiger partial charge is 0.388 e. The van der Waals surface area contributed by atoms with Crippen LogP contribution in [0.2, 0.25) is 0 Å². The molecule has 1 aliphatic carbocycles. The summed E-state index contributed by atoms with van der Waals surface area (Å²) in [6.45, 7) is 0. The zero-order chi connectivity index (χ0) is 14.1. The third-order valence-corrected chi connectivity index (χ3v) is 4.87. The summed E-state index contributed by atoms with van der Waals surface area (Å²) in [5.74, 6) is 0.520. The standard InChI is InChI=1S/C17H23NO2/c1-18-15-9-8-13(10-14(15)11-16(18)19)17(20)12-6-4-2-3-5-7-12/h8-10,12,17,20H,2-7,11H2,1H3. The number of carbonyl (C=O) groups is 1. The second kappa shape index (κ2) is 5.57. The van der Waals surface area contributed by atoms with Gasteiger partial charge < -0.3 is 10.0 Å². The molecule has 1 aromatic rings. The van der Waals surface area contributed by atoms with Crippen LogP contribution in [-0.4, -0.2) is 18.1 Å². The molecule has 3 rings (SSSR count). The number of rotatable bonds is 2. The SMILES string of the molecule is CN1C(=O)Cc2cc(C(O)C3CCCCCC3)ccc21. The molecule has 1 fully saturated rings. The molecule has 1 aromatic carbocycles. The molecule has 1 saturated carbocycles. The Morgan fingerprint density at radius 2 is 1.90 bits per heavy atom. The minimum Gasteiger partial charge on any atom is -0.388 e. The lowest BCUT2D eigenvalue weighted by atomic mass is 9.88. The fourth-order valence-electron chi connectivity index (χ4n) is 3.57. The fourth-order valence-corrected chi connectivity index (χ4v) is 3.57. The number of fused-ring (bicyclic) bond motifs is 1. The molecule has 0 radical (unpaired) electrons. The van der Waals surface area contributed by atoms with Crippen LogP contribution < -0.4 is 4.90 Å². The highest BCUT2D eigenvalue weighted by atomic mass is 16.3. The predicted octanol–water partition coefficient (Wildman–Crippen LogP) is 3.21. The van der Waals surface area contributed by atoms with Crippen molar-refractivity contribution < 1.29 is 9.90 Å². The molecule has 0 spiro atoms. The molecule has 108 valence electrons. The van der Waals surface area contributed by atoms with Gasteiger partial charge in [0, 0.05) is 12.7 Å². The van der Waals surface area contributed by atoms with E-state index in [1.807, 2.05) is 25.2 Å². The van der Waals surface area contributed by atoms with Crippen LogP contribution in [0.5, 0.6) is 0 Å². The monoisotopic (exact) mass is 273 g/mol. The molecule has 1 heterocycles. The van der Waals surface area contributed by atoms with Crippen molar-refractivity contribution in [2.45, 2.75) is 51.0 Å². The zero-order valence-corrected chi connectivity index (χ0v) is 12.1. The molecule has 0 bridgehead atoms. The molecule has 3 heteroatoms. The summed E-state index contributed by atoms with van der Waals surface area (Å²) in [5.41, 5.74) is 3.04. The Morgan fingerprint density at radius 1 is 1.20 bits per heavy atom. The minimum atomic E-state index is -0.376. The number of nitrogens with zero attached hydrogens (tertiary/aromatic N) is 1. The minimum absolute atomic E-state index is 0.140. The molecular weight excluding hydrogens is 250 g/mol. The molecule has 0 saturated heterocycles. The summed E-state index contributed by atoms with van der Waals surface area (Å²) in [4.78, 5) is 13.4. The van der Waals surface area contributed by atoms with Gasteiger partial charge in [-0.15, -0.1) is 0 Å². The van der Waals surface area contributed by atoms with Crippen molar-refractivity contribution in [2.24, 2.45) is 5.92 Å². The van der Waals surface area contributed by atoms with E-state index in [2.05, 4.69) is 0 Å². The van der Waals surface area contributed by atoms with E-state index in [1.165, 1.54) is 25.7 Å². The summed E-state index contributed by atoms with van der Waals surface area (Å²) in [7, 11) is 1.82. The van der Waals surface area contributed by atoms with E-state index in [0.29, 0.717) is 12.3 Å². The molecule has 1 unspecified atom stereocenters.